The third kappa shape index (κ3) is 5.41. The molecule has 1 N–H and O–H groups in total. The molecule has 0 bridgehead atoms. The molecule has 3 heteroatoms. The molecule has 0 aliphatic carbocycles. The third-order valence-electron chi connectivity index (χ3n) is 3.79. The van der Waals surface area contributed by atoms with Crippen molar-refractivity contribution in [2.24, 2.45) is 11.8 Å². The highest BCUT2D eigenvalue weighted by atomic mass is 16.5. The Balaban J connectivity index is 1.75. The molecule has 0 amide bonds. The summed E-state index contributed by atoms with van der Waals surface area (Å²) >= 11 is 0. The van der Waals surface area contributed by atoms with Crippen LogP contribution in [0, 0.1) is 23.7 Å². The predicted molar refractivity (Wildman–Crippen MR) is 85.3 cm³/mol. The number of ether oxygens (including phenoxy) is 1. The van der Waals surface area contributed by atoms with Crippen molar-refractivity contribution in [3.63, 3.8) is 0 Å². The summed E-state index contributed by atoms with van der Waals surface area (Å²) in [5.41, 5.74) is 0.898. The number of rotatable bonds is 4. The number of piperidine rings is 1. The Hall–Kier alpha value is -1.50. The van der Waals surface area contributed by atoms with Crippen LogP contribution in [0.25, 0.3) is 0 Å². The lowest BCUT2D eigenvalue weighted by molar-refractivity contribution is 0.120. The fraction of sp³-hybridized carbons (Fsp3) is 0.556. The molecule has 0 spiro atoms. The Morgan fingerprint density at radius 3 is 2.48 bits per heavy atom. The van der Waals surface area contributed by atoms with Crippen LogP contribution in [0.5, 0.6) is 5.75 Å². The molecule has 0 saturated carbocycles. The highest BCUT2D eigenvalue weighted by Gasteiger charge is 2.21. The van der Waals surface area contributed by atoms with E-state index in [1.165, 1.54) is 19.5 Å². The van der Waals surface area contributed by atoms with Crippen LogP contribution in [0.4, 0.5) is 0 Å². The molecule has 1 heterocycles. The number of likely N-dealkylation sites (tertiary alicyclic amines) is 1. The summed E-state index contributed by atoms with van der Waals surface area (Å²) < 4.78 is 5.80. The molecule has 2 unspecified atom stereocenters. The van der Waals surface area contributed by atoms with Crippen LogP contribution in [-0.2, 0) is 0 Å². The first-order valence-corrected chi connectivity index (χ1v) is 7.72. The first kappa shape index (κ1) is 15.9. The van der Waals surface area contributed by atoms with E-state index in [1.54, 1.807) is 0 Å². The second-order valence-electron chi connectivity index (χ2n) is 6.04. The molecule has 114 valence electrons. The fourth-order valence-electron chi connectivity index (χ4n) is 3.04. The SMILES string of the molecule is CC1CC(C)CN(CCOc2ccc(C#CCO)cc2)C1. The second-order valence-corrected chi connectivity index (χ2v) is 6.04. The lowest BCUT2D eigenvalue weighted by Crippen LogP contribution is -2.40. The Kier molecular flexibility index (Phi) is 6.10. The third-order valence-corrected chi connectivity index (χ3v) is 3.79. The van der Waals surface area contributed by atoms with Crippen LogP contribution in [0.3, 0.4) is 0 Å². The van der Waals surface area contributed by atoms with Gasteiger partial charge in [0.1, 0.15) is 19.0 Å². The van der Waals surface area contributed by atoms with Gasteiger partial charge in [-0.2, -0.15) is 0 Å². The van der Waals surface area contributed by atoms with E-state index in [9.17, 15) is 0 Å². The summed E-state index contributed by atoms with van der Waals surface area (Å²) in [7, 11) is 0. The molecular weight excluding hydrogens is 262 g/mol. The second kappa shape index (κ2) is 8.07. The molecule has 1 saturated heterocycles. The number of hydrogen-bond acceptors (Lipinski definition) is 3. The first-order chi connectivity index (χ1) is 10.2. The van der Waals surface area contributed by atoms with Gasteiger partial charge in [0.05, 0.1) is 0 Å². The van der Waals surface area contributed by atoms with E-state index in [0.717, 1.165) is 36.3 Å². The molecule has 2 atom stereocenters. The van der Waals surface area contributed by atoms with Gasteiger partial charge in [0.25, 0.3) is 0 Å². The fourth-order valence-corrected chi connectivity index (χ4v) is 3.04. The van der Waals surface area contributed by atoms with E-state index >= 15 is 0 Å². The number of hydrogen-bond donors (Lipinski definition) is 1. The van der Waals surface area contributed by atoms with Gasteiger partial charge in [0, 0.05) is 25.2 Å². The van der Waals surface area contributed by atoms with Crippen molar-refractivity contribution in [2.45, 2.75) is 20.3 Å². The zero-order valence-corrected chi connectivity index (χ0v) is 13.0. The Morgan fingerprint density at radius 1 is 1.19 bits per heavy atom. The summed E-state index contributed by atoms with van der Waals surface area (Å²) in [4.78, 5) is 2.50. The number of benzene rings is 1. The maximum atomic E-state index is 8.66. The van der Waals surface area contributed by atoms with Crippen LogP contribution >= 0.6 is 0 Å². The molecular formula is C18H25NO2. The highest BCUT2D eigenvalue weighted by Crippen LogP contribution is 2.20. The first-order valence-electron chi connectivity index (χ1n) is 7.72. The highest BCUT2D eigenvalue weighted by molar-refractivity contribution is 5.38. The minimum atomic E-state index is -0.106. The lowest BCUT2D eigenvalue weighted by atomic mass is 9.92. The summed E-state index contributed by atoms with van der Waals surface area (Å²) in [5, 5.41) is 8.66. The summed E-state index contributed by atoms with van der Waals surface area (Å²) in [6.07, 6.45) is 1.34. The van der Waals surface area contributed by atoms with Crippen LogP contribution in [0.2, 0.25) is 0 Å². The van der Waals surface area contributed by atoms with E-state index in [1.807, 2.05) is 24.3 Å². The summed E-state index contributed by atoms with van der Waals surface area (Å²) in [6, 6.07) is 7.71. The number of nitrogens with zero attached hydrogens (tertiary/aromatic N) is 1. The topological polar surface area (TPSA) is 32.7 Å². The van der Waals surface area contributed by atoms with Crippen molar-refractivity contribution in [3.8, 4) is 17.6 Å². The average molecular weight is 287 g/mol. The van der Waals surface area contributed by atoms with Crippen molar-refractivity contribution >= 4 is 0 Å². The maximum Gasteiger partial charge on any atom is 0.119 e. The van der Waals surface area contributed by atoms with Gasteiger partial charge in [-0.3, -0.25) is 4.90 Å². The molecule has 0 aromatic heterocycles. The van der Waals surface area contributed by atoms with Gasteiger partial charge >= 0.3 is 0 Å². The van der Waals surface area contributed by atoms with Crippen molar-refractivity contribution in [3.05, 3.63) is 29.8 Å². The zero-order chi connectivity index (χ0) is 15.1. The Bertz CT molecular complexity index is 476. The van der Waals surface area contributed by atoms with Crippen molar-refractivity contribution < 1.29 is 9.84 Å². The van der Waals surface area contributed by atoms with Crippen molar-refractivity contribution in [1.82, 2.24) is 4.90 Å². The number of aliphatic hydroxyl groups is 1. The van der Waals surface area contributed by atoms with Crippen LogP contribution in [-0.4, -0.2) is 42.9 Å². The van der Waals surface area contributed by atoms with E-state index in [2.05, 4.69) is 30.6 Å². The van der Waals surface area contributed by atoms with Gasteiger partial charge in [0.15, 0.2) is 0 Å². The smallest absolute Gasteiger partial charge is 0.119 e. The molecule has 3 nitrogen and oxygen atoms in total. The quantitative estimate of drug-likeness (QED) is 0.863. The van der Waals surface area contributed by atoms with E-state index < -0.39 is 0 Å². The molecule has 1 aliphatic heterocycles. The van der Waals surface area contributed by atoms with Crippen LogP contribution in [0.15, 0.2) is 24.3 Å². The van der Waals surface area contributed by atoms with Crippen molar-refractivity contribution in [1.29, 1.82) is 0 Å². The zero-order valence-electron chi connectivity index (χ0n) is 13.0. The largest absolute Gasteiger partial charge is 0.492 e. The normalized spacial score (nSPS) is 22.4. The van der Waals surface area contributed by atoms with Gasteiger partial charge in [-0.1, -0.05) is 25.7 Å². The van der Waals surface area contributed by atoms with Crippen LogP contribution in [0.1, 0.15) is 25.8 Å². The van der Waals surface area contributed by atoms with E-state index in [4.69, 9.17) is 9.84 Å². The minimum absolute atomic E-state index is 0.106. The maximum absolute atomic E-state index is 8.66. The molecule has 1 aliphatic rings. The van der Waals surface area contributed by atoms with Crippen LogP contribution < -0.4 is 4.74 Å². The standard InChI is InChI=1S/C18H25NO2/c1-15-12-16(2)14-19(13-15)9-11-21-18-7-5-17(6-8-18)4-3-10-20/h5-8,15-16,20H,9-14H2,1-2H3. The summed E-state index contributed by atoms with van der Waals surface area (Å²) in [6.45, 7) is 8.63. The van der Waals surface area contributed by atoms with Gasteiger partial charge in [-0.25, -0.2) is 0 Å². The Morgan fingerprint density at radius 2 is 1.86 bits per heavy atom. The van der Waals surface area contributed by atoms with E-state index in [0.29, 0.717) is 0 Å². The van der Waals surface area contributed by atoms with Gasteiger partial charge in [0.2, 0.25) is 0 Å². The number of aliphatic hydroxyl groups excluding tert-OH is 1. The van der Waals surface area contributed by atoms with Gasteiger partial charge in [-0.05, 0) is 42.5 Å². The lowest BCUT2D eigenvalue weighted by Gasteiger charge is -2.34. The molecule has 1 aromatic rings. The molecule has 21 heavy (non-hydrogen) atoms. The van der Waals surface area contributed by atoms with E-state index in [-0.39, 0.29) is 6.61 Å². The van der Waals surface area contributed by atoms with Gasteiger partial charge < -0.3 is 9.84 Å². The Labute approximate surface area is 127 Å². The molecule has 1 fully saturated rings. The molecule has 0 radical (unpaired) electrons. The van der Waals surface area contributed by atoms with Crippen molar-refractivity contribution in [2.75, 3.05) is 32.8 Å². The molecule has 2 rings (SSSR count). The molecule has 1 aromatic carbocycles. The van der Waals surface area contributed by atoms with Gasteiger partial charge in [-0.15, -0.1) is 0 Å². The summed E-state index contributed by atoms with van der Waals surface area (Å²) in [5.74, 6) is 7.97. The predicted octanol–water partition coefficient (Wildman–Crippen LogP) is 2.39. The average Bonchev–Trinajstić information content (AvgIpc) is 2.45. The monoisotopic (exact) mass is 287 g/mol. The minimum Gasteiger partial charge on any atom is -0.492 e.